The minimum Gasteiger partial charge on any atom is -0.493 e. The predicted molar refractivity (Wildman–Crippen MR) is 95.1 cm³/mol. The number of aromatic nitrogens is 2. The van der Waals surface area contributed by atoms with E-state index in [0.717, 1.165) is 34.3 Å². The van der Waals surface area contributed by atoms with Gasteiger partial charge in [-0.25, -0.2) is 0 Å². The van der Waals surface area contributed by atoms with E-state index in [1.165, 1.54) is 23.9 Å². The zero-order chi connectivity index (χ0) is 15.8. The molecule has 0 bridgehead atoms. The molecule has 1 aliphatic carbocycles. The van der Waals surface area contributed by atoms with Gasteiger partial charge in [0, 0.05) is 41.8 Å². The van der Waals surface area contributed by atoms with Crippen molar-refractivity contribution in [3.8, 4) is 11.5 Å². The molecule has 0 atom stereocenters. The van der Waals surface area contributed by atoms with E-state index in [9.17, 15) is 0 Å². The summed E-state index contributed by atoms with van der Waals surface area (Å²) < 4.78 is 11.3. The maximum Gasteiger partial charge on any atom is 0.163 e. The number of rotatable bonds is 6. The number of hydrogen-bond donors (Lipinski definition) is 1. The van der Waals surface area contributed by atoms with E-state index in [2.05, 4.69) is 16.0 Å². The first-order valence-corrected chi connectivity index (χ1v) is 8.52. The van der Waals surface area contributed by atoms with Gasteiger partial charge < -0.3 is 14.5 Å². The van der Waals surface area contributed by atoms with E-state index >= 15 is 0 Å². The minimum atomic E-state index is 0. The van der Waals surface area contributed by atoms with Gasteiger partial charge in [0.25, 0.3) is 0 Å². The van der Waals surface area contributed by atoms with Crippen LogP contribution in [0, 0.1) is 0 Å². The largest absolute Gasteiger partial charge is 0.493 e. The fraction of sp³-hybridized carbons (Fsp3) is 0.389. The Balaban J connectivity index is 0.00000169. The third kappa shape index (κ3) is 2.61. The zero-order valence-corrected chi connectivity index (χ0v) is 13.8. The summed E-state index contributed by atoms with van der Waals surface area (Å²) in [5.41, 5.74) is 3.38. The van der Waals surface area contributed by atoms with Gasteiger partial charge in [-0.3, -0.25) is 4.98 Å². The van der Waals surface area contributed by atoms with E-state index in [0.29, 0.717) is 18.4 Å². The molecule has 3 aromatic rings. The van der Waals surface area contributed by atoms with Crippen LogP contribution in [-0.2, 0) is 0 Å². The van der Waals surface area contributed by atoms with Gasteiger partial charge in [0.1, 0.15) is 0 Å². The standard InChI is InChI=1S/C18H19ClN2O2.H2/c1-22-15-9-12-14(10-16(15)23-8-2-6-19)21-13-5-7-20-18(17(12)13)11-3-4-11;/h5,7,9-11,21H,2-4,6,8H2,1H3;1H. The number of halogens is 1. The Labute approximate surface area is 141 Å². The molecule has 0 amide bonds. The topological polar surface area (TPSA) is 47.1 Å². The first-order chi connectivity index (χ1) is 11.3. The molecular formula is C18H21ClN2O2. The van der Waals surface area contributed by atoms with Crippen molar-refractivity contribution in [3.05, 3.63) is 30.1 Å². The van der Waals surface area contributed by atoms with Crippen LogP contribution >= 0.6 is 11.6 Å². The molecule has 2 aromatic heterocycles. The Morgan fingerprint density at radius 2 is 2.17 bits per heavy atom. The molecule has 1 N–H and O–H groups in total. The molecule has 0 saturated heterocycles. The fourth-order valence-electron chi connectivity index (χ4n) is 3.06. The number of aromatic amines is 1. The molecule has 1 aliphatic rings. The van der Waals surface area contributed by atoms with E-state index in [-0.39, 0.29) is 1.43 Å². The second-order valence-electron chi connectivity index (χ2n) is 5.96. The van der Waals surface area contributed by atoms with Gasteiger partial charge in [0.2, 0.25) is 0 Å². The number of alkyl halides is 1. The van der Waals surface area contributed by atoms with Crippen LogP contribution in [0.2, 0.25) is 0 Å². The van der Waals surface area contributed by atoms with Gasteiger partial charge in [-0.05, 0) is 31.4 Å². The van der Waals surface area contributed by atoms with Crippen LogP contribution in [0.25, 0.3) is 21.8 Å². The van der Waals surface area contributed by atoms with Gasteiger partial charge in [-0.1, -0.05) is 0 Å². The maximum atomic E-state index is 5.82. The van der Waals surface area contributed by atoms with Crippen LogP contribution < -0.4 is 9.47 Å². The van der Waals surface area contributed by atoms with Gasteiger partial charge in [-0.15, -0.1) is 11.6 Å². The molecule has 0 radical (unpaired) electrons. The molecule has 4 nitrogen and oxygen atoms in total. The van der Waals surface area contributed by atoms with Crippen molar-refractivity contribution in [1.29, 1.82) is 0 Å². The summed E-state index contributed by atoms with van der Waals surface area (Å²) in [7, 11) is 1.67. The van der Waals surface area contributed by atoms with Crippen LogP contribution in [0.3, 0.4) is 0 Å². The molecule has 0 aliphatic heterocycles. The Kier molecular flexibility index (Phi) is 3.77. The molecule has 1 fully saturated rings. The maximum absolute atomic E-state index is 5.82. The molecule has 1 saturated carbocycles. The highest BCUT2D eigenvalue weighted by molar-refractivity contribution is 6.17. The molecule has 23 heavy (non-hydrogen) atoms. The molecule has 2 heterocycles. The number of benzene rings is 1. The highest BCUT2D eigenvalue weighted by Gasteiger charge is 2.28. The summed E-state index contributed by atoms with van der Waals surface area (Å²) in [6, 6.07) is 6.10. The average molecular weight is 333 g/mol. The van der Waals surface area contributed by atoms with Crippen molar-refractivity contribution in [2.45, 2.75) is 25.2 Å². The number of H-pyrrole nitrogens is 1. The van der Waals surface area contributed by atoms with Gasteiger partial charge in [-0.2, -0.15) is 0 Å². The quantitative estimate of drug-likeness (QED) is 0.518. The van der Waals surface area contributed by atoms with E-state index in [1.54, 1.807) is 7.11 Å². The summed E-state index contributed by atoms with van der Waals surface area (Å²) >= 11 is 5.72. The van der Waals surface area contributed by atoms with Crippen molar-refractivity contribution < 1.29 is 10.9 Å². The fourth-order valence-corrected chi connectivity index (χ4v) is 3.16. The van der Waals surface area contributed by atoms with E-state index in [4.69, 9.17) is 21.1 Å². The van der Waals surface area contributed by atoms with Crippen LogP contribution in [0.4, 0.5) is 0 Å². The lowest BCUT2D eigenvalue weighted by Gasteiger charge is -2.10. The number of nitrogens with zero attached hydrogens (tertiary/aromatic N) is 1. The van der Waals surface area contributed by atoms with E-state index in [1.807, 2.05) is 18.3 Å². The van der Waals surface area contributed by atoms with Gasteiger partial charge in [0.15, 0.2) is 11.5 Å². The van der Waals surface area contributed by atoms with Crippen molar-refractivity contribution >= 4 is 33.4 Å². The summed E-state index contributed by atoms with van der Waals surface area (Å²) in [6.45, 7) is 0.584. The van der Waals surface area contributed by atoms with Crippen LogP contribution in [0.1, 0.15) is 32.3 Å². The second kappa shape index (κ2) is 5.93. The summed E-state index contributed by atoms with van der Waals surface area (Å²) in [4.78, 5) is 8.10. The number of methoxy groups -OCH3 is 1. The Morgan fingerprint density at radius 3 is 2.91 bits per heavy atom. The number of pyridine rings is 1. The molecule has 122 valence electrons. The molecule has 4 rings (SSSR count). The highest BCUT2D eigenvalue weighted by atomic mass is 35.5. The summed E-state index contributed by atoms with van der Waals surface area (Å²) in [5.74, 6) is 2.69. The molecule has 5 heteroatoms. The summed E-state index contributed by atoms with van der Waals surface area (Å²) in [6.07, 6.45) is 5.16. The lowest BCUT2D eigenvalue weighted by molar-refractivity contribution is 0.295. The van der Waals surface area contributed by atoms with Crippen molar-refractivity contribution in [1.82, 2.24) is 9.97 Å². The molecular weight excluding hydrogens is 312 g/mol. The van der Waals surface area contributed by atoms with Crippen molar-refractivity contribution in [3.63, 3.8) is 0 Å². The minimum absolute atomic E-state index is 0. The van der Waals surface area contributed by atoms with Crippen LogP contribution in [0.5, 0.6) is 11.5 Å². The monoisotopic (exact) mass is 332 g/mol. The molecule has 0 unspecified atom stereocenters. The summed E-state index contributed by atoms with van der Waals surface area (Å²) in [5, 5.41) is 2.37. The van der Waals surface area contributed by atoms with Crippen molar-refractivity contribution in [2.24, 2.45) is 0 Å². The normalized spacial score (nSPS) is 14.5. The van der Waals surface area contributed by atoms with Crippen molar-refractivity contribution in [2.75, 3.05) is 19.6 Å². The third-order valence-electron chi connectivity index (χ3n) is 4.32. The SMILES string of the molecule is COc1cc2c(cc1OCCCCl)[nH]c1ccnc(C3CC3)c12.[HH]. The third-order valence-corrected chi connectivity index (χ3v) is 4.59. The Hall–Kier alpha value is -1.94. The number of nitrogens with one attached hydrogen (secondary N) is 1. The number of fused-ring (bicyclic) bond motifs is 3. The predicted octanol–water partition coefficient (Wildman–Crippen LogP) is 4.86. The Bertz CT molecular complexity index is 861. The molecule has 1 aromatic carbocycles. The van der Waals surface area contributed by atoms with Crippen LogP contribution in [0.15, 0.2) is 24.4 Å². The first kappa shape index (κ1) is 14.6. The number of hydrogen-bond acceptors (Lipinski definition) is 3. The lowest BCUT2D eigenvalue weighted by atomic mass is 10.1. The van der Waals surface area contributed by atoms with Gasteiger partial charge >= 0.3 is 0 Å². The zero-order valence-electron chi connectivity index (χ0n) is 13.1. The molecule has 0 spiro atoms. The van der Waals surface area contributed by atoms with Crippen LogP contribution in [-0.4, -0.2) is 29.6 Å². The Morgan fingerprint density at radius 1 is 1.30 bits per heavy atom. The first-order valence-electron chi connectivity index (χ1n) is 7.99. The second-order valence-corrected chi connectivity index (χ2v) is 6.34. The highest BCUT2D eigenvalue weighted by Crippen LogP contribution is 2.45. The van der Waals surface area contributed by atoms with E-state index < -0.39 is 0 Å². The number of ether oxygens (including phenoxy) is 2. The lowest BCUT2D eigenvalue weighted by Crippen LogP contribution is -1.99. The smallest absolute Gasteiger partial charge is 0.163 e. The average Bonchev–Trinajstić information content (AvgIpc) is 3.35. The van der Waals surface area contributed by atoms with Gasteiger partial charge in [0.05, 0.1) is 24.9 Å².